The first kappa shape index (κ1) is 86.3. The predicted molar refractivity (Wildman–Crippen MR) is 581 cm³/mol. The third kappa shape index (κ3) is 14.7. The first-order valence-electron chi connectivity index (χ1n) is 49.4. The first-order valence-corrected chi connectivity index (χ1v) is 49.4. The maximum absolute atomic E-state index is 5.31. The van der Waals surface area contributed by atoms with Crippen LogP contribution in [0, 0.1) is 0 Å². The van der Waals surface area contributed by atoms with E-state index >= 15 is 0 Å². The van der Waals surface area contributed by atoms with Gasteiger partial charge in [-0.2, -0.15) is 0 Å². The Kier molecular flexibility index (Phi) is 20.9. The second-order valence-electron chi connectivity index (χ2n) is 39.5. The summed E-state index contributed by atoms with van der Waals surface area (Å²) in [6.45, 7) is 13.6. The third-order valence-electron chi connectivity index (χ3n) is 30.2. The van der Waals surface area contributed by atoms with Crippen LogP contribution in [0.2, 0.25) is 0 Å². The van der Waals surface area contributed by atoms with Gasteiger partial charge in [-0.25, -0.2) is 49.8 Å². The molecule has 0 amide bonds. The van der Waals surface area contributed by atoms with Crippen molar-refractivity contribution in [1.29, 1.82) is 0 Å². The molecular formula is C132H94N12. The van der Waals surface area contributed by atoms with Crippen molar-refractivity contribution in [2.45, 2.75) is 77.0 Å². The Balaban J connectivity index is 0.000000110. The van der Waals surface area contributed by atoms with E-state index in [0.29, 0.717) is 52.4 Å². The molecule has 28 rings (SSSR count). The molecule has 22 aromatic rings. The van der Waals surface area contributed by atoms with Gasteiger partial charge in [0.25, 0.3) is 0 Å². The second-order valence-corrected chi connectivity index (χ2v) is 39.5. The molecule has 12 heteroatoms. The first-order chi connectivity index (χ1) is 70.7. The van der Waals surface area contributed by atoms with Crippen LogP contribution in [0.3, 0.4) is 0 Å². The molecule has 6 heterocycles. The molecule has 6 aromatic heterocycles. The lowest BCUT2D eigenvalue weighted by Crippen LogP contribution is -2.17. The molecule has 6 aliphatic rings. The summed E-state index contributed by atoms with van der Waals surface area (Å²) in [7, 11) is 0. The fourth-order valence-corrected chi connectivity index (χ4v) is 23.1. The van der Waals surface area contributed by atoms with Gasteiger partial charge in [-0.1, -0.05) is 436 Å². The summed E-state index contributed by atoms with van der Waals surface area (Å²) in [4.78, 5) is 61.6. The Bertz CT molecular complexity index is 8910. The van der Waals surface area contributed by atoms with Gasteiger partial charge >= 0.3 is 0 Å². The van der Waals surface area contributed by atoms with Gasteiger partial charge in [-0.3, -0.25) is 9.97 Å². The SMILES string of the molecule is CC1(C)c2ccccc2-c2ccc(-c3nc(-c4ccc(-c5ccccc5)cc4)nc(-c4cccc5c4Cc4c(-c6ccccc6)cccc4-5)n3)nc21.CC1(C)c2ccccc2-c2ccnc(-c3nc(-c4ccccc4)nc(-c4cccc5c4Cc4c(-c6ccccc6)cccc4-5)n3)c21.CC1(C)c2ccccc2-c2cnc(-c3nc(-c4ccccc4)nc(-c4cccc5c4Cc4c(-c6ccccc6)cccc4-5)n3)cc21. The zero-order valence-corrected chi connectivity index (χ0v) is 80.4. The van der Waals surface area contributed by atoms with Crippen LogP contribution in [0.25, 0.3) is 214 Å². The molecule has 0 spiro atoms. The minimum atomic E-state index is -0.251. The van der Waals surface area contributed by atoms with E-state index in [9.17, 15) is 0 Å². The topological polar surface area (TPSA) is 155 Å². The van der Waals surface area contributed by atoms with Crippen molar-refractivity contribution in [3.05, 3.63) is 492 Å². The Morgan fingerprint density at radius 3 is 0.910 bits per heavy atom. The van der Waals surface area contributed by atoms with Gasteiger partial charge in [-0.05, 0) is 180 Å². The van der Waals surface area contributed by atoms with Crippen molar-refractivity contribution in [2.75, 3.05) is 0 Å². The zero-order valence-electron chi connectivity index (χ0n) is 80.4. The van der Waals surface area contributed by atoms with E-state index in [1.165, 1.54) is 161 Å². The lowest BCUT2D eigenvalue weighted by molar-refractivity contribution is 0.637. The minimum absolute atomic E-state index is 0.149. The lowest BCUT2D eigenvalue weighted by Gasteiger charge is -2.23. The third-order valence-corrected chi connectivity index (χ3v) is 30.2. The van der Waals surface area contributed by atoms with E-state index in [0.717, 1.165) is 86.5 Å². The molecule has 16 aromatic carbocycles. The number of benzene rings is 16. The Hall–Kier alpha value is -18.0. The van der Waals surface area contributed by atoms with E-state index in [2.05, 4.69) is 412 Å². The maximum Gasteiger partial charge on any atom is 0.182 e. The summed E-state index contributed by atoms with van der Waals surface area (Å²) in [5, 5.41) is 0. The van der Waals surface area contributed by atoms with Crippen LogP contribution in [-0.2, 0) is 35.5 Å². The summed E-state index contributed by atoms with van der Waals surface area (Å²) in [6, 6.07) is 145. The van der Waals surface area contributed by atoms with Crippen molar-refractivity contribution in [1.82, 2.24) is 59.8 Å². The van der Waals surface area contributed by atoms with Crippen molar-refractivity contribution in [2.24, 2.45) is 0 Å². The highest BCUT2D eigenvalue weighted by molar-refractivity contribution is 5.95. The number of fused-ring (bicyclic) bond motifs is 18. The Morgan fingerprint density at radius 1 is 0.174 bits per heavy atom. The molecule has 0 saturated carbocycles. The normalized spacial score (nSPS) is 13.4. The monoisotopic (exact) mass is 1850 g/mol. The van der Waals surface area contributed by atoms with Gasteiger partial charge in [0.15, 0.2) is 52.4 Å². The number of nitrogens with zero attached hydrogens (tertiary/aromatic N) is 12. The largest absolute Gasteiger partial charge is 0.253 e. The Morgan fingerprint density at radius 2 is 0.472 bits per heavy atom. The molecule has 0 saturated heterocycles. The molecule has 6 aliphatic carbocycles. The van der Waals surface area contributed by atoms with Crippen LogP contribution >= 0.6 is 0 Å². The standard InChI is InChI=1S/C48H34N4.2C42H30N4/c1-48(2)42-22-10-9-17-37(42)38-27-28-43(49-44(38)48)47-51-45(33-25-23-31(24-26-33)30-13-5-3-6-14-30)50-46(52-47)39-21-12-20-36-35-19-11-18-34(40(35)29-41(36)39)32-15-7-4-8-16-32;1-42(2)36-22-10-9-17-31(36)35-25-43-38(24-37(35)42)41-45-39(27-15-7-4-8-16-27)44-40(46-41)32-21-12-20-30-29-19-11-18-28(33(29)23-34(30)32)26-13-5-3-6-14-26;1-42(2)36-22-10-9-17-31(36)32-23-24-43-38(37(32)42)41-45-39(27-15-7-4-8-16-27)44-40(46-41)33-21-12-20-30-29-19-11-18-28(34(29)25-35(30)33)26-13-5-3-6-14-26/h3-28H,29H2,1-2H3;3-22,24-25H,23H2,1-2H3;3-24H,25H2,1-2H3. The summed E-state index contributed by atoms with van der Waals surface area (Å²) >= 11 is 0. The van der Waals surface area contributed by atoms with E-state index in [1.54, 1.807) is 0 Å². The molecule has 144 heavy (non-hydrogen) atoms. The number of pyridine rings is 3. The highest BCUT2D eigenvalue weighted by atomic mass is 15.1. The summed E-state index contributed by atoms with van der Waals surface area (Å²) < 4.78 is 0. The van der Waals surface area contributed by atoms with E-state index in [1.807, 2.05) is 54.9 Å². The van der Waals surface area contributed by atoms with Crippen LogP contribution in [0.4, 0.5) is 0 Å². The number of hydrogen-bond acceptors (Lipinski definition) is 12. The van der Waals surface area contributed by atoms with Crippen LogP contribution in [0.15, 0.2) is 425 Å². The van der Waals surface area contributed by atoms with Crippen LogP contribution in [0.1, 0.15) is 108 Å². The van der Waals surface area contributed by atoms with Gasteiger partial charge in [-0.15, -0.1) is 0 Å². The quantitative estimate of drug-likeness (QED) is 0.108. The van der Waals surface area contributed by atoms with Gasteiger partial charge < -0.3 is 0 Å². The molecule has 0 radical (unpaired) electrons. The molecular weight excluding hydrogens is 1750 g/mol. The zero-order chi connectivity index (χ0) is 96.5. The van der Waals surface area contributed by atoms with Crippen molar-refractivity contribution in [3.8, 4) is 214 Å². The van der Waals surface area contributed by atoms with Gasteiger partial charge in [0.2, 0.25) is 0 Å². The summed E-state index contributed by atoms with van der Waals surface area (Å²) in [6.07, 6.45) is 6.31. The van der Waals surface area contributed by atoms with Gasteiger partial charge in [0.05, 0.1) is 5.69 Å². The molecule has 12 nitrogen and oxygen atoms in total. The lowest BCUT2D eigenvalue weighted by atomic mass is 9.81. The van der Waals surface area contributed by atoms with Crippen molar-refractivity contribution < 1.29 is 0 Å². The molecule has 0 bridgehead atoms. The minimum Gasteiger partial charge on any atom is -0.253 e. The van der Waals surface area contributed by atoms with E-state index in [4.69, 9.17) is 59.8 Å². The highest BCUT2D eigenvalue weighted by Crippen LogP contribution is 2.56. The van der Waals surface area contributed by atoms with Gasteiger partial charge in [0.1, 0.15) is 17.1 Å². The number of aromatic nitrogens is 12. The number of rotatable bonds is 13. The average Bonchev–Trinajstić information content (AvgIpc) is 1.58. The average molecular weight is 1850 g/mol. The fourth-order valence-electron chi connectivity index (χ4n) is 23.1. The molecule has 0 unspecified atom stereocenters. The fraction of sp³-hybridized carbons (Fsp3) is 0.0909. The predicted octanol–water partition coefficient (Wildman–Crippen LogP) is 31.1. The van der Waals surface area contributed by atoms with Crippen molar-refractivity contribution >= 4 is 0 Å². The second kappa shape index (κ2) is 34.8. The van der Waals surface area contributed by atoms with Crippen LogP contribution in [0.5, 0.6) is 0 Å². The van der Waals surface area contributed by atoms with E-state index in [-0.39, 0.29) is 16.2 Å². The Labute approximate surface area is 837 Å². The summed E-state index contributed by atoms with van der Waals surface area (Å²) in [5.41, 5.74) is 47.3. The van der Waals surface area contributed by atoms with Gasteiger partial charge in [0, 0.05) is 92.4 Å². The summed E-state index contributed by atoms with van der Waals surface area (Å²) in [5.74, 6) is 5.65. The molecule has 0 fully saturated rings. The van der Waals surface area contributed by atoms with Crippen LogP contribution in [-0.4, -0.2) is 59.8 Å². The number of hydrogen-bond donors (Lipinski definition) is 0. The molecule has 0 aliphatic heterocycles. The van der Waals surface area contributed by atoms with Crippen molar-refractivity contribution in [3.63, 3.8) is 0 Å². The van der Waals surface area contributed by atoms with E-state index < -0.39 is 0 Å². The van der Waals surface area contributed by atoms with Crippen LogP contribution < -0.4 is 0 Å². The highest BCUT2D eigenvalue weighted by Gasteiger charge is 2.42. The molecule has 0 atom stereocenters. The smallest absolute Gasteiger partial charge is 0.182 e. The molecule has 0 N–H and O–H groups in total. The maximum atomic E-state index is 5.31. The molecule has 682 valence electrons.